The van der Waals surface area contributed by atoms with Crippen LogP contribution in [0.5, 0.6) is 0 Å². The van der Waals surface area contributed by atoms with Crippen molar-refractivity contribution < 1.29 is 20.7 Å². The van der Waals surface area contributed by atoms with E-state index in [1.165, 1.54) is 44.1 Å². The molecule has 0 radical (unpaired) electrons. The first-order chi connectivity index (χ1) is 11.1. The highest BCUT2D eigenvalue weighted by atomic mass is 16.4. The minimum Gasteiger partial charge on any atom is -0.889 e. The predicted octanol–water partition coefficient (Wildman–Crippen LogP) is -1.38. The normalized spacial score (nSPS) is 9.35. The summed E-state index contributed by atoms with van der Waals surface area (Å²) in [5.41, 5.74) is 1.57. The number of unbranched alkanes of at least 4 members (excludes halogenated alkanes) is 5. The molecule has 0 aliphatic carbocycles. The van der Waals surface area contributed by atoms with Gasteiger partial charge in [0.15, 0.2) is 0 Å². The Morgan fingerprint density at radius 3 is 1.65 bits per heavy atom. The topological polar surface area (TPSA) is 79.3 Å². The fraction of sp³-hybridized carbons (Fsp3) is 0.667. The predicted molar refractivity (Wildman–Crippen MR) is 96.5 cm³/mol. The van der Waals surface area contributed by atoms with E-state index in [4.69, 9.17) is 0 Å². The molecule has 0 amide bonds. The Bertz CT molecular complexity index is 330. The van der Waals surface area contributed by atoms with Gasteiger partial charge in [0.2, 0.25) is 0 Å². The summed E-state index contributed by atoms with van der Waals surface area (Å²) in [6.07, 6.45) is 8.79. The van der Waals surface area contributed by atoms with Gasteiger partial charge in [-0.25, -0.2) is 0 Å². The van der Waals surface area contributed by atoms with Crippen molar-refractivity contribution in [3.8, 4) is 0 Å². The van der Waals surface area contributed by atoms with Crippen LogP contribution in [0.3, 0.4) is 0 Å². The third-order valence-electron chi connectivity index (χ3n) is 3.07. The molecule has 4 N–H and O–H groups in total. The first-order valence-corrected chi connectivity index (χ1v) is 8.95. The van der Waals surface area contributed by atoms with Gasteiger partial charge in [-0.15, -0.1) is 5.46 Å². The standard InChI is InChI=1S/C14H21BO2.2C2H7N/c1-2-3-4-5-6-7-8-13-9-11-14(12-10-13)15(16)17;2*1-3-2/h9-12H,2-8H2,1H3;2*3H,1-2H3/q-2;;/p+2. The number of hydrogen-bond acceptors (Lipinski definition) is 2. The lowest BCUT2D eigenvalue weighted by Crippen LogP contribution is -2.74. The second-order valence-electron chi connectivity index (χ2n) is 5.75. The van der Waals surface area contributed by atoms with Crippen LogP contribution in [0.15, 0.2) is 24.3 Å². The average molecular weight is 324 g/mol. The molecule has 0 aliphatic heterocycles. The Labute approximate surface area is 143 Å². The van der Waals surface area contributed by atoms with Crippen LogP contribution in [-0.2, 0) is 6.42 Å². The molecule has 0 aliphatic rings. The first kappa shape index (κ1) is 24.4. The number of quaternary nitrogens is 2. The van der Waals surface area contributed by atoms with E-state index in [1.807, 2.05) is 51.0 Å². The van der Waals surface area contributed by atoms with Gasteiger partial charge in [-0.1, -0.05) is 70.4 Å². The molecule has 0 spiro atoms. The molecule has 23 heavy (non-hydrogen) atoms. The summed E-state index contributed by atoms with van der Waals surface area (Å²) in [6.45, 7) is 2.22. The van der Waals surface area contributed by atoms with Gasteiger partial charge in [-0.3, -0.25) is 0 Å². The zero-order valence-corrected chi connectivity index (χ0v) is 15.8. The largest absolute Gasteiger partial charge is 0.889 e. The lowest BCUT2D eigenvalue weighted by Gasteiger charge is -2.26. The SMILES string of the molecule is CCCCCCCCc1ccc(B([O-])[O-])cc1.C[NH2+]C.C[NH2+]C. The summed E-state index contributed by atoms with van der Waals surface area (Å²) in [4.78, 5) is 0. The van der Waals surface area contributed by atoms with Crippen molar-refractivity contribution >= 4 is 12.6 Å². The highest BCUT2D eigenvalue weighted by Crippen LogP contribution is 2.09. The maximum atomic E-state index is 10.6. The number of nitrogens with two attached hydrogens (primary N) is 2. The minimum atomic E-state index is -1.85. The van der Waals surface area contributed by atoms with Crippen molar-refractivity contribution in [3.05, 3.63) is 29.8 Å². The first-order valence-electron chi connectivity index (χ1n) is 8.95. The molecule has 1 aromatic carbocycles. The van der Waals surface area contributed by atoms with Gasteiger partial charge in [0.1, 0.15) is 0 Å². The third kappa shape index (κ3) is 17.3. The summed E-state index contributed by atoms with van der Waals surface area (Å²) < 4.78 is 0. The van der Waals surface area contributed by atoms with Crippen molar-refractivity contribution in [3.63, 3.8) is 0 Å². The lowest BCUT2D eigenvalue weighted by molar-refractivity contribution is -0.597. The molecular weight excluding hydrogens is 287 g/mol. The molecule has 5 heteroatoms. The van der Waals surface area contributed by atoms with E-state index in [9.17, 15) is 10.0 Å². The summed E-state index contributed by atoms with van der Waals surface area (Å²) in [5.74, 6) is 0. The molecule has 1 rings (SSSR count). The number of hydrogen-bond donors (Lipinski definition) is 2. The van der Waals surface area contributed by atoms with Gasteiger partial charge < -0.3 is 20.7 Å². The fourth-order valence-electron chi connectivity index (χ4n) is 1.95. The van der Waals surface area contributed by atoms with Gasteiger partial charge in [-0.05, 0) is 18.4 Å². The summed E-state index contributed by atoms with van der Waals surface area (Å²) in [5, 5.41) is 25.3. The highest BCUT2D eigenvalue weighted by Gasteiger charge is 1.94. The number of rotatable bonds is 8. The monoisotopic (exact) mass is 324 g/mol. The Morgan fingerprint density at radius 1 is 0.783 bits per heavy atom. The molecular formula is C18H37BN2O2. The molecule has 1 aromatic rings. The molecule has 0 fully saturated rings. The van der Waals surface area contributed by atoms with Gasteiger partial charge in [0.25, 0.3) is 0 Å². The Balaban J connectivity index is 0. The Kier molecular flexibility index (Phi) is 20.3. The maximum Gasteiger partial charge on any atom is 0.0647 e. The van der Waals surface area contributed by atoms with E-state index in [1.54, 1.807) is 12.1 Å². The molecule has 0 bridgehead atoms. The van der Waals surface area contributed by atoms with E-state index in [2.05, 4.69) is 6.92 Å². The lowest BCUT2D eigenvalue weighted by atomic mass is 9.80. The Morgan fingerprint density at radius 2 is 1.22 bits per heavy atom. The van der Waals surface area contributed by atoms with Crippen LogP contribution in [0.4, 0.5) is 0 Å². The zero-order valence-electron chi connectivity index (χ0n) is 15.8. The van der Waals surface area contributed by atoms with E-state index >= 15 is 0 Å². The van der Waals surface area contributed by atoms with Crippen molar-refractivity contribution in [1.82, 2.24) is 0 Å². The molecule has 0 heterocycles. The van der Waals surface area contributed by atoms with Crippen molar-refractivity contribution in [2.24, 2.45) is 0 Å². The molecule has 0 saturated carbocycles. The molecule has 0 aromatic heterocycles. The van der Waals surface area contributed by atoms with E-state index in [0.717, 1.165) is 6.42 Å². The van der Waals surface area contributed by atoms with Crippen LogP contribution in [-0.4, -0.2) is 35.3 Å². The van der Waals surface area contributed by atoms with Crippen LogP contribution in [0, 0.1) is 0 Å². The van der Waals surface area contributed by atoms with Crippen LogP contribution in [0.2, 0.25) is 0 Å². The second kappa shape index (κ2) is 19.2. The van der Waals surface area contributed by atoms with Crippen LogP contribution >= 0.6 is 0 Å². The van der Waals surface area contributed by atoms with Crippen molar-refractivity contribution in [1.29, 1.82) is 0 Å². The van der Waals surface area contributed by atoms with Gasteiger partial charge in [0.05, 0.1) is 28.2 Å². The van der Waals surface area contributed by atoms with Crippen molar-refractivity contribution in [2.75, 3.05) is 28.2 Å². The van der Waals surface area contributed by atoms with Gasteiger partial charge in [0, 0.05) is 0 Å². The molecule has 0 unspecified atom stereocenters. The summed E-state index contributed by atoms with van der Waals surface area (Å²) in [7, 11) is 6.15. The van der Waals surface area contributed by atoms with Crippen molar-refractivity contribution in [2.45, 2.75) is 51.9 Å². The van der Waals surface area contributed by atoms with E-state index in [-0.39, 0.29) is 0 Å². The second-order valence-corrected chi connectivity index (χ2v) is 5.75. The smallest absolute Gasteiger partial charge is 0.0647 e. The van der Waals surface area contributed by atoms with Crippen LogP contribution < -0.4 is 26.1 Å². The molecule has 0 saturated heterocycles. The molecule has 0 atom stereocenters. The zero-order chi connectivity index (χ0) is 17.9. The van der Waals surface area contributed by atoms with Gasteiger partial charge in [-0.2, -0.15) is 0 Å². The number of aryl methyl sites for hydroxylation is 1. The maximum absolute atomic E-state index is 10.6. The quantitative estimate of drug-likeness (QED) is 0.457. The average Bonchev–Trinajstić information content (AvgIpc) is 2.53. The van der Waals surface area contributed by atoms with E-state index in [0.29, 0.717) is 5.46 Å². The number of benzene rings is 1. The Hall–Kier alpha value is -0.875. The fourth-order valence-corrected chi connectivity index (χ4v) is 1.95. The summed E-state index contributed by atoms with van der Waals surface area (Å²) >= 11 is 0. The molecule has 4 nitrogen and oxygen atoms in total. The van der Waals surface area contributed by atoms with Crippen LogP contribution in [0.25, 0.3) is 0 Å². The van der Waals surface area contributed by atoms with Crippen LogP contribution in [0.1, 0.15) is 51.0 Å². The summed E-state index contributed by atoms with van der Waals surface area (Å²) in [6, 6.07) is 7.14. The van der Waals surface area contributed by atoms with Gasteiger partial charge >= 0.3 is 0 Å². The molecule has 134 valence electrons. The highest BCUT2D eigenvalue weighted by molar-refractivity contribution is 6.55. The van der Waals surface area contributed by atoms with E-state index < -0.39 is 7.12 Å². The third-order valence-corrected chi connectivity index (χ3v) is 3.07. The minimum absolute atomic E-state index is 0.344.